The second-order valence-corrected chi connectivity index (χ2v) is 6.31. The molecule has 144 valence electrons. The Kier molecular flexibility index (Phi) is 6.18. The monoisotopic (exact) mass is 373 g/mol. The first kappa shape index (κ1) is 19.0. The quantitative estimate of drug-likeness (QED) is 0.713. The summed E-state index contributed by atoms with van der Waals surface area (Å²) in [6, 6.07) is 6.51. The van der Waals surface area contributed by atoms with Crippen molar-refractivity contribution in [1.29, 1.82) is 0 Å². The lowest BCUT2D eigenvalue weighted by Gasteiger charge is -2.32. The fraction of sp³-hybridized carbons (Fsp3) is 0.474. The van der Waals surface area contributed by atoms with E-state index in [-0.39, 0.29) is 12.0 Å². The molecule has 0 spiro atoms. The highest BCUT2D eigenvalue weighted by atomic mass is 16.5. The van der Waals surface area contributed by atoms with Gasteiger partial charge in [-0.3, -0.25) is 9.69 Å². The summed E-state index contributed by atoms with van der Waals surface area (Å²) in [7, 11) is 1.34. The van der Waals surface area contributed by atoms with Crippen molar-refractivity contribution in [3.8, 4) is 11.4 Å². The number of aromatic nitrogens is 2. The van der Waals surface area contributed by atoms with Crippen LogP contribution in [-0.2, 0) is 20.8 Å². The zero-order valence-electron chi connectivity index (χ0n) is 15.5. The number of methoxy groups -OCH3 is 1. The Balaban J connectivity index is 1.69. The van der Waals surface area contributed by atoms with Crippen molar-refractivity contribution in [3.63, 3.8) is 0 Å². The lowest BCUT2D eigenvalue weighted by Crippen LogP contribution is -2.45. The molecule has 0 saturated carbocycles. The summed E-state index contributed by atoms with van der Waals surface area (Å²) < 4.78 is 15.2. The van der Waals surface area contributed by atoms with E-state index in [2.05, 4.69) is 14.9 Å². The van der Waals surface area contributed by atoms with Gasteiger partial charge < -0.3 is 14.0 Å². The van der Waals surface area contributed by atoms with E-state index < -0.39 is 5.97 Å². The van der Waals surface area contributed by atoms with Gasteiger partial charge in [0.05, 0.1) is 25.8 Å². The number of ether oxygens (including phenoxy) is 2. The van der Waals surface area contributed by atoms with Gasteiger partial charge in [0.2, 0.25) is 11.7 Å². The molecule has 2 aromatic rings. The Morgan fingerprint density at radius 1 is 1.26 bits per heavy atom. The number of hydrogen-bond acceptors (Lipinski definition) is 8. The van der Waals surface area contributed by atoms with Gasteiger partial charge in [0.1, 0.15) is 6.04 Å². The van der Waals surface area contributed by atoms with Crippen molar-refractivity contribution in [2.75, 3.05) is 20.3 Å². The molecule has 0 aliphatic carbocycles. The van der Waals surface area contributed by atoms with E-state index in [1.807, 2.05) is 4.90 Å². The van der Waals surface area contributed by atoms with Gasteiger partial charge in [-0.15, -0.1) is 0 Å². The van der Waals surface area contributed by atoms with Crippen molar-refractivity contribution in [1.82, 2.24) is 15.0 Å². The summed E-state index contributed by atoms with van der Waals surface area (Å²) in [5.41, 5.74) is 1.19. The molecule has 1 aromatic carbocycles. The Hall–Kier alpha value is -2.74. The maximum absolute atomic E-state index is 12.2. The van der Waals surface area contributed by atoms with Gasteiger partial charge >= 0.3 is 11.9 Å². The minimum Gasteiger partial charge on any atom is -0.465 e. The molecule has 0 N–H and O–H groups in total. The molecule has 1 fully saturated rings. The highest BCUT2D eigenvalue weighted by Crippen LogP contribution is 2.22. The Bertz CT molecular complexity index is 787. The Labute approximate surface area is 157 Å². The molecule has 8 nitrogen and oxygen atoms in total. The Morgan fingerprint density at radius 3 is 2.74 bits per heavy atom. The van der Waals surface area contributed by atoms with Crippen molar-refractivity contribution in [2.24, 2.45) is 0 Å². The summed E-state index contributed by atoms with van der Waals surface area (Å²) in [6.45, 7) is 3.36. The zero-order valence-corrected chi connectivity index (χ0v) is 15.5. The Morgan fingerprint density at radius 2 is 2.04 bits per heavy atom. The van der Waals surface area contributed by atoms with E-state index in [1.165, 1.54) is 7.11 Å². The summed E-state index contributed by atoms with van der Waals surface area (Å²) in [5, 5.41) is 4.01. The van der Waals surface area contributed by atoms with E-state index in [9.17, 15) is 9.59 Å². The van der Waals surface area contributed by atoms with E-state index in [1.54, 1.807) is 31.2 Å². The van der Waals surface area contributed by atoms with Gasteiger partial charge in [-0.25, -0.2) is 4.79 Å². The highest BCUT2D eigenvalue weighted by Gasteiger charge is 2.31. The molecule has 0 amide bonds. The number of carbonyl (C=O) groups is 2. The van der Waals surface area contributed by atoms with Crippen LogP contribution in [0.2, 0.25) is 0 Å². The van der Waals surface area contributed by atoms with Crippen LogP contribution in [0.1, 0.15) is 42.4 Å². The predicted molar refractivity (Wildman–Crippen MR) is 95.8 cm³/mol. The average Bonchev–Trinajstić information content (AvgIpc) is 3.16. The van der Waals surface area contributed by atoms with Crippen molar-refractivity contribution < 1.29 is 23.6 Å². The summed E-state index contributed by atoms with van der Waals surface area (Å²) in [6.07, 6.45) is 2.79. The van der Waals surface area contributed by atoms with Crippen molar-refractivity contribution >= 4 is 11.9 Å². The van der Waals surface area contributed by atoms with Crippen LogP contribution in [0, 0.1) is 0 Å². The molecule has 1 aliphatic rings. The summed E-state index contributed by atoms with van der Waals surface area (Å²) in [4.78, 5) is 30.1. The first-order chi connectivity index (χ1) is 13.1. The number of likely N-dealkylation sites (tertiary alicyclic amines) is 1. The molecule has 1 aromatic heterocycles. The molecular formula is C19H23N3O5. The van der Waals surface area contributed by atoms with Crippen LogP contribution < -0.4 is 0 Å². The third kappa shape index (κ3) is 4.51. The molecule has 0 radical (unpaired) electrons. The molecule has 0 bridgehead atoms. The third-order valence-corrected chi connectivity index (χ3v) is 4.54. The van der Waals surface area contributed by atoms with E-state index in [0.29, 0.717) is 30.4 Å². The molecule has 2 heterocycles. The van der Waals surface area contributed by atoms with Crippen LogP contribution in [-0.4, -0.2) is 53.3 Å². The van der Waals surface area contributed by atoms with E-state index in [0.717, 1.165) is 31.4 Å². The van der Waals surface area contributed by atoms with E-state index in [4.69, 9.17) is 9.26 Å². The standard InChI is InChI=1S/C19H23N3O5/c1-3-26-19(24)15-6-4-5-11-22(15)12-16-20-17(21-27-16)13-7-9-14(10-8-13)18(23)25-2/h7-10,15H,3-6,11-12H2,1-2H3/t15-/m1/s1. The fourth-order valence-corrected chi connectivity index (χ4v) is 3.17. The summed E-state index contributed by atoms with van der Waals surface area (Å²) >= 11 is 0. The third-order valence-electron chi connectivity index (χ3n) is 4.54. The van der Waals surface area contributed by atoms with Gasteiger partial charge in [0.15, 0.2) is 0 Å². The minimum absolute atomic E-state index is 0.199. The van der Waals surface area contributed by atoms with Crippen LogP contribution in [0.25, 0.3) is 11.4 Å². The maximum atomic E-state index is 12.2. The van der Waals surface area contributed by atoms with Gasteiger partial charge in [-0.1, -0.05) is 23.7 Å². The van der Waals surface area contributed by atoms with Crippen LogP contribution in [0.4, 0.5) is 0 Å². The van der Waals surface area contributed by atoms with Crippen LogP contribution in [0.15, 0.2) is 28.8 Å². The average molecular weight is 373 g/mol. The molecule has 1 saturated heterocycles. The maximum Gasteiger partial charge on any atom is 0.337 e. The molecule has 1 atom stereocenters. The van der Waals surface area contributed by atoms with Crippen LogP contribution >= 0.6 is 0 Å². The largest absolute Gasteiger partial charge is 0.465 e. The molecule has 27 heavy (non-hydrogen) atoms. The first-order valence-electron chi connectivity index (χ1n) is 9.04. The van der Waals surface area contributed by atoms with Crippen LogP contribution in [0.5, 0.6) is 0 Å². The molecule has 1 aliphatic heterocycles. The number of carbonyl (C=O) groups excluding carboxylic acids is 2. The predicted octanol–water partition coefficient (Wildman–Crippen LogP) is 2.44. The second-order valence-electron chi connectivity index (χ2n) is 6.31. The molecule has 3 rings (SSSR count). The minimum atomic E-state index is -0.398. The highest BCUT2D eigenvalue weighted by molar-refractivity contribution is 5.89. The summed E-state index contributed by atoms with van der Waals surface area (Å²) in [5.74, 6) is 0.283. The van der Waals surface area contributed by atoms with Gasteiger partial charge in [-0.2, -0.15) is 4.98 Å². The lowest BCUT2D eigenvalue weighted by molar-refractivity contribution is -0.151. The van der Waals surface area contributed by atoms with E-state index >= 15 is 0 Å². The van der Waals surface area contributed by atoms with Crippen molar-refractivity contribution in [2.45, 2.75) is 38.8 Å². The number of benzene rings is 1. The molecule has 0 unspecified atom stereocenters. The molecular weight excluding hydrogens is 350 g/mol. The number of esters is 2. The molecule has 8 heteroatoms. The smallest absolute Gasteiger partial charge is 0.337 e. The van der Waals surface area contributed by atoms with Gasteiger partial charge in [0, 0.05) is 5.56 Å². The van der Waals surface area contributed by atoms with Gasteiger partial charge in [-0.05, 0) is 38.4 Å². The van der Waals surface area contributed by atoms with Gasteiger partial charge in [0.25, 0.3) is 0 Å². The number of hydrogen-bond donors (Lipinski definition) is 0. The normalized spacial score (nSPS) is 17.5. The lowest BCUT2D eigenvalue weighted by atomic mass is 10.0. The number of piperidine rings is 1. The van der Waals surface area contributed by atoms with Crippen molar-refractivity contribution in [3.05, 3.63) is 35.7 Å². The topological polar surface area (TPSA) is 94.8 Å². The van der Waals surface area contributed by atoms with Crippen LogP contribution in [0.3, 0.4) is 0 Å². The second kappa shape index (κ2) is 8.77. The number of nitrogens with zero attached hydrogens (tertiary/aromatic N) is 3. The SMILES string of the molecule is CCOC(=O)[C@H]1CCCCN1Cc1nc(-c2ccc(C(=O)OC)cc2)no1. The zero-order chi connectivity index (χ0) is 19.2. The fourth-order valence-electron chi connectivity index (χ4n) is 3.17. The first-order valence-corrected chi connectivity index (χ1v) is 9.04. The number of rotatable bonds is 6.